The molecule has 0 unspecified atom stereocenters. The van der Waals surface area contributed by atoms with Crippen molar-refractivity contribution < 1.29 is 28.8 Å². The number of carbonyl (C=O) groups excluding carboxylic acids is 2. The van der Waals surface area contributed by atoms with E-state index in [0.29, 0.717) is 18.5 Å². The van der Waals surface area contributed by atoms with E-state index in [1.54, 1.807) is 12.1 Å². The van der Waals surface area contributed by atoms with Crippen LogP contribution in [-0.4, -0.2) is 50.1 Å². The van der Waals surface area contributed by atoms with Crippen molar-refractivity contribution in [1.82, 2.24) is 0 Å². The van der Waals surface area contributed by atoms with Crippen LogP contribution in [0, 0.1) is 17.8 Å². The molecule has 2 amide bonds. The van der Waals surface area contributed by atoms with Gasteiger partial charge in [-0.1, -0.05) is 137 Å². The lowest BCUT2D eigenvalue weighted by Crippen LogP contribution is -2.66. The first-order chi connectivity index (χ1) is 26.5. The molecule has 2 aliphatic heterocycles. The summed E-state index contributed by atoms with van der Waals surface area (Å²) in [6.07, 6.45) is 5.55. The van der Waals surface area contributed by atoms with Gasteiger partial charge in [0.2, 0.25) is 11.8 Å². The summed E-state index contributed by atoms with van der Waals surface area (Å²) in [6.45, 7) is 9.22. The average molecular weight is 754 g/mol. The Hall–Kier alpha value is -4.54. The van der Waals surface area contributed by atoms with Gasteiger partial charge >= 0.3 is 7.12 Å². The number of hydrogen-bond donors (Lipinski definition) is 2. The number of anilines is 1. The van der Waals surface area contributed by atoms with E-state index in [-0.39, 0.29) is 41.4 Å². The van der Waals surface area contributed by atoms with Crippen LogP contribution in [0.5, 0.6) is 5.75 Å². The summed E-state index contributed by atoms with van der Waals surface area (Å²) in [6, 6.07) is 37.5. The zero-order chi connectivity index (χ0) is 38.7. The van der Waals surface area contributed by atoms with Crippen LogP contribution >= 0.6 is 0 Å². The standard InChI is InChI=1S/C46H52BNO6Si/c1-5-15-32(28-33-22-25-36(49)26-23-33)24-27-41-42-34(31-53-55(46(2,3)4,37-18-11-7-12-19-37)38-20-13-8-14-21-38)29-39-43(40(42)30-47(52)54-41)45(51)48(44(39)50)35-16-9-6-10-17-35/h6-14,16-23,25-26,28,39-41,43,49,52H,5,15,24,27,29-31H2,1-4H3/b32-28+/t39-,40+,41-,43-/m1/s1. The van der Waals surface area contributed by atoms with Crippen molar-refractivity contribution in [3.63, 3.8) is 0 Å². The Balaban J connectivity index is 1.31. The summed E-state index contributed by atoms with van der Waals surface area (Å²) in [4.78, 5) is 30.2. The second-order valence-electron chi connectivity index (χ2n) is 16.3. The topological polar surface area (TPSA) is 96.3 Å². The molecular weight excluding hydrogens is 701 g/mol. The third kappa shape index (κ3) is 7.68. The largest absolute Gasteiger partial charge is 0.508 e. The highest BCUT2D eigenvalue weighted by atomic mass is 28.4. The average Bonchev–Trinajstić information content (AvgIpc) is 3.43. The van der Waals surface area contributed by atoms with Gasteiger partial charge in [0.25, 0.3) is 8.32 Å². The highest BCUT2D eigenvalue weighted by Crippen LogP contribution is 2.52. The molecule has 4 aromatic carbocycles. The van der Waals surface area contributed by atoms with Gasteiger partial charge in [-0.3, -0.25) is 14.5 Å². The zero-order valence-corrected chi connectivity index (χ0v) is 33.4. The van der Waals surface area contributed by atoms with Crippen molar-refractivity contribution in [2.75, 3.05) is 11.5 Å². The summed E-state index contributed by atoms with van der Waals surface area (Å²) in [5.74, 6) is -1.69. The van der Waals surface area contributed by atoms with Crippen molar-refractivity contribution in [3.8, 4) is 5.75 Å². The number of para-hydroxylation sites is 1. The summed E-state index contributed by atoms with van der Waals surface area (Å²) in [5.41, 5.74) is 4.85. The SMILES string of the molecule is CCC/C(=C\c1ccc(O)cc1)CC[C@H]1OB(O)C[C@H]2C1=C(CO[Si](c1ccccc1)(c1ccccc1)C(C)(C)C)C[C@H]1C(=O)N(c3ccccc3)C(=O)[C@H]12. The number of imide groups is 1. The van der Waals surface area contributed by atoms with Crippen LogP contribution in [0.1, 0.15) is 65.4 Å². The molecule has 4 aromatic rings. The highest BCUT2D eigenvalue weighted by molar-refractivity contribution is 6.99. The summed E-state index contributed by atoms with van der Waals surface area (Å²) >= 11 is 0. The molecule has 2 heterocycles. The van der Waals surface area contributed by atoms with Crippen molar-refractivity contribution in [1.29, 1.82) is 0 Å². The van der Waals surface area contributed by atoms with E-state index in [4.69, 9.17) is 9.08 Å². The van der Waals surface area contributed by atoms with E-state index >= 15 is 0 Å². The van der Waals surface area contributed by atoms with Crippen LogP contribution in [0.25, 0.3) is 6.08 Å². The van der Waals surface area contributed by atoms with E-state index in [2.05, 4.69) is 82.3 Å². The Labute approximate surface area is 327 Å². The van der Waals surface area contributed by atoms with Gasteiger partial charge in [0.1, 0.15) is 5.75 Å². The molecule has 0 spiro atoms. The van der Waals surface area contributed by atoms with Gasteiger partial charge in [-0.25, -0.2) is 0 Å². The molecule has 2 N–H and O–H groups in total. The third-order valence-electron chi connectivity index (χ3n) is 11.8. The van der Waals surface area contributed by atoms with Gasteiger partial charge in [-0.05, 0) is 94.3 Å². The number of phenolic OH excluding ortho intramolecular Hbond substituents is 1. The lowest BCUT2D eigenvalue weighted by molar-refractivity contribution is -0.122. The van der Waals surface area contributed by atoms with Gasteiger partial charge < -0.3 is 19.2 Å². The molecule has 0 radical (unpaired) electrons. The van der Waals surface area contributed by atoms with Gasteiger partial charge in [-0.15, -0.1) is 0 Å². The van der Waals surface area contributed by atoms with Crippen LogP contribution in [0.15, 0.2) is 132 Å². The third-order valence-corrected chi connectivity index (χ3v) is 16.7. The van der Waals surface area contributed by atoms with E-state index in [9.17, 15) is 19.7 Å². The lowest BCUT2D eigenvalue weighted by atomic mass is 9.58. The van der Waals surface area contributed by atoms with Gasteiger partial charge in [0, 0.05) is 0 Å². The van der Waals surface area contributed by atoms with Crippen molar-refractivity contribution in [3.05, 3.63) is 138 Å². The molecule has 7 rings (SSSR count). The summed E-state index contributed by atoms with van der Waals surface area (Å²) in [5, 5.41) is 23.3. The fourth-order valence-corrected chi connectivity index (χ4v) is 13.9. The maximum atomic E-state index is 14.4. The first-order valence-electron chi connectivity index (χ1n) is 19.7. The number of amides is 2. The van der Waals surface area contributed by atoms with Crippen LogP contribution < -0.4 is 15.3 Å². The molecule has 7 nitrogen and oxygen atoms in total. The minimum Gasteiger partial charge on any atom is -0.508 e. The number of carbonyl (C=O) groups is 2. The smallest absolute Gasteiger partial charge is 0.455 e. The number of phenols is 1. The molecule has 55 heavy (non-hydrogen) atoms. The molecule has 0 bridgehead atoms. The molecule has 9 heteroatoms. The fourth-order valence-electron chi connectivity index (χ4n) is 9.40. The van der Waals surface area contributed by atoms with Crippen LogP contribution in [0.4, 0.5) is 5.69 Å². The summed E-state index contributed by atoms with van der Waals surface area (Å²) < 4.78 is 14.0. The Morgan fingerprint density at radius 3 is 2.04 bits per heavy atom. The van der Waals surface area contributed by atoms with Crippen molar-refractivity contribution in [2.45, 2.75) is 77.3 Å². The number of rotatable bonds is 12. The van der Waals surface area contributed by atoms with Gasteiger partial charge in [0.15, 0.2) is 0 Å². The van der Waals surface area contributed by atoms with Crippen LogP contribution in [-0.2, 0) is 18.7 Å². The molecule has 2 saturated heterocycles. The Morgan fingerprint density at radius 1 is 0.855 bits per heavy atom. The normalized spacial score (nSPS) is 21.9. The van der Waals surface area contributed by atoms with Gasteiger partial charge in [0.05, 0.1) is 30.2 Å². The van der Waals surface area contributed by atoms with E-state index in [1.165, 1.54) is 20.8 Å². The number of benzene rings is 4. The van der Waals surface area contributed by atoms with Crippen molar-refractivity contribution >= 4 is 49.4 Å². The fraction of sp³-hybridized carbons (Fsp3) is 0.348. The predicted molar refractivity (Wildman–Crippen MR) is 222 cm³/mol. The minimum absolute atomic E-state index is 0.192. The molecule has 0 saturated carbocycles. The Morgan fingerprint density at radius 2 is 1.45 bits per heavy atom. The second kappa shape index (κ2) is 16.3. The molecule has 3 aliphatic rings. The first-order valence-corrected chi connectivity index (χ1v) is 21.6. The quantitative estimate of drug-likeness (QED) is 0.0867. The monoisotopic (exact) mass is 753 g/mol. The van der Waals surface area contributed by atoms with E-state index < -0.39 is 33.4 Å². The van der Waals surface area contributed by atoms with Crippen molar-refractivity contribution in [2.24, 2.45) is 17.8 Å². The molecule has 4 atom stereocenters. The van der Waals surface area contributed by atoms with Crippen LogP contribution in [0.2, 0.25) is 11.4 Å². The number of hydrogen-bond acceptors (Lipinski definition) is 6. The first kappa shape index (κ1) is 38.7. The highest BCUT2D eigenvalue weighted by Gasteiger charge is 2.58. The Bertz CT molecular complexity index is 1990. The minimum atomic E-state index is -2.96. The Kier molecular flexibility index (Phi) is 11.5. The number of nitrogens with zero attached hydrogens (tertiary/aromatic N) is 1. The molecule has 284 valence electrons. The number of aromatic hydroxyl groups is 1. The molecular formula is C46H52BNO6Si. The number of fused-ring (bicyclic) bond motifs is 3. The molecule has 2 fully saturated rings. The zero-order valence-electron chi connectivity index (χ0n) is 32.4. The maximum Gasteiger partial charge on any atom is 0.455 e. The predicted octanol–water partition coefficient (Wildman–Crippen LogP) is 7.93. The summed E-state index contributed by atoms with van der Waals surface area (Å²) in [7, 11) is -4.03. The second-order valence-corrected chi connectivity index (χ2v) is 20.6. The molecule has 1 aliphatic carbocycles. The van der Waals surface area contributed by atoms with Crippen LogP contribution in [0.3, 0.4) is 0 Å². The van der Waals surface area contributed by atoms with Gasteiger partial charge in [-0.2, -0.15) is 0 Å². The molecule has 0 aromatic heterocycles. The maximum absolute atomic E-state index is 14.4. The number of allylic oxidation sites excluding steroid dienone is 1. The van der Waals surface area contributed by atoms with E-state index in [0.717, 1.165) is 36.0 Å². The van der Waals surface area contributed by atoms with E-state index in [1.807, 2.05) is 54.6 Å². The lowest BCUT2D eigenvalue weighted by Gasteiger charge is -2.46.